The molecule has 0 unspecified atom stereocenters. The number of ether oxygens (including phenoxy) is 1. The van der Waals surface area contributed by atoms with Crippen LogP contribution in [-0.4, -0.2) is 22.8 Å². The fourth-order valence-electron chi connectivity index (χ4n) is 1.89. The van der Waals surface area contributed by atoms with Gasteiger partial charge < -0.3 is 15.8 Å². The largest absolute Gasteiger partial charge is 0.396 e. The number of carbonyl (C=O) groups is 1. The molecule has 6 heteroatoms. The van der Waals surface area contributed by atoms with Crippen molar-refractivity contribution in [3.05, 3.63) is 47.8 Å². The Morgan fingerprint density at radius 1 is 1.40 bits per heavy atom. The first-order valence-electron chi connectivity index (χ1n) is 6.29. The molecular weight excluding hydrogens is 256 g/mol. The first-order valence-corrected chi connectivity index (χ1v) is 6.29. The Labute approximate surface area is 117 Å². The van der Waals surface area contributed by atoms with Gasteiger partial charge in [0.25, 0.3) is 0 Å². The normalized spacial score (nSPS) is 10.4. The van der Waals surface area contributed by atoms with E-state index in [1.165, 1.54) is 10.9 Å². The summed E-state index contributed by atoms with van der Waals surface area (Å²) in [6.07, 6.45) is 3.14. The van der Waals surface area contributed by atoms with E-state index in [1.54, 1.807) is 13.3 Å². The molecule has 2 rings (SSSR count). The van der Waals surface area contributed by atoms with Crippen LogP contribution in [0, 0.1) is 0 Å². The zero-order valence-corrected chi connectivity index (χ0v) is 11.4. The third-order valence-electron chi connectivity index (χ3n) is 2.85. The van der Waals surface area contributed by atoms with Crippen LogP contribution in [0.15, 0.2) is 36.7 Å². The van der Waals surface area contributed by atoms with Gasteiger partial charge >= 0.3 is 0 Å². The number of nitrogens with one attached hydrogen (secondary N) is 1. The molecule has 20 heavy (non-hydrogen) atoms. The molecule has 0 saturated heterocycles. The lowest BCUT2D eigenvalue weighted by atomic mass is 10.1. The van der Waals surface area contributed by atoms with E-state index in [1.807, 2.05) is 24.3 Å². The molecule has 106 valence electrons. The Hall–Kier alpha value is -2.34. The molecule has 0 spiro atoms. The summed E-state index contributed by atoms with van der Waals surface area (Å²) >= 11 is 0. The highest BCUT2D eigenvalue weighted by Gasteiger charge is 2.06. The number of carbonyl (C=O) groups excluding carboxylic acids is 1. The van der Waals surface area contributed by atoms with E-state index in [2.05, 4.69) is 10.4 Å². The van der Waals surface area contributed by atoms with Crippen molar-refractivity contribution >= 4 is 11.6 Å². The van der Waals surface area contributed by atoms with Crippen molar-refractivity contribution in [2.75, 3.05) is 12.8 Å². The van der Waals surface area contributed by atoms with Gasteiger partial charge in [-0.25, -0.2) is 0 Å². The molecule has 3 N–H and O–H groups in total. The molecular formula is C14H18N4O2. The summed E-state index contributed by atoms with van der Waals surface area (Å²) < 4.78 is 6.64. The van der Waals surface area contributed by atoms with Crippen LogP contribution >= 0.6 is 0 Å². The van der Waals surface area contributed by atoms with Gasteiger partial charge in [-0.1, -0.05) is 24.3 Å². The molecule has 1 amide bonds. The number of amides is 1. The predicted octanol–water partition coefficient (Wildman–Crippen LogP) is 0.928. The van der Waals surface area contributed by atoms with Crippen LogP contribution in [0.2, 0.25) is 0 Å². The third-order valence-corrected chi connectivity index (χ3v) is 2.85. The first kappa shape index (κ1) is 14.1. The van der Waals surface area contributed by atoms with Gasteiger partial charge in [0.15, 0.2) is 0 Å². The highest BCUT2D eigenvalue weighted by Crippen LogP contribution is 2.09. The molecule has 6 nitrogen and oxygen atoms in total. The number of methoxy groups -OCH3 is 1. The van der Waals surface area contributed by atoms with Gasteiger partial charge in [-0.15, -0.1) is 0 Å². The maximum absolute atomic E-state index is 11.8. The average Bonchev–Trinajstić information content (AvgIpc) is 2.83. The lowest BCUT2D eigenvalue weighted by molar-refractivity contribution is -0.122. The molecule has 1 heterocycles. The van der Waals surface area contributed by atoms with Crippen molar-refractivity contribution < 1.29 is 9.53 Å². The Bertz CT molecular complexity index is 580. The number of rotatable bonds is 6. The van der Waals surface area contributed by atoms with E-state index in [0.717, 1.165) is 11.1 Å². The van der Waals surface area contributed by atoms with Crippen molar-refractivity contribution in [1.82, 2.24) is 15.1 Å². The SMILES string of the molecule is COCc1ccccc1CNC(=O)Cn1cc(N)cn1. The summed E-state index contributed by atoms with van der Waals surface area (Å²) in [5.74, 6) is -0.111. The van der Waals surface area contributed by atoms with Crippen LogP contribution in [0.1, 0.15) is 11.1 Å². The van der Waals surface area contributed by atoms with E-state index in [9.17, 15) is 4.79 Å². The van der Waals surface area contributed by atoms with Crippen molar-refractivity contribution in [2.45, 2.75) is 19.7 Å². The van der Waals surface area contributed by atoms with Crippen LogP contribution in [0.5, 0.6) is 0 Å². The fourth-order valence-corrected chi connectivity index (χ4v) is 1.89. The molecule has 0 saturated carbocycles. The Kier molecular flexibility index (Phi) is 4.73. The molecule has 0 aliphatic heterocycles. The van der Waals surface area contributed by atoms with E-state index < -0.39 is 0 Å². The number of nitrogens with two attached hydrogens (primary N) is 1. The lowest BCUT2D eigenvalue weighted by Gasteiger charge is -2.10. The van der Waals surface area contributed by atoms with Crippen LogP contribution in [0.25, 0.3) is 0 Å². The van der Waals surface area contributed by atoms with Gasteiger partial charge in [0.05, 0.1) is 18.5 Å². The van der Waals surface area contributed by atoms with Gasteiger partial charge in [-0.3, -0.25) is 9.48 Å². The number of aromatic nitrogens is 2. The second kappa shape index (κ2) is 6.72. The third kappa shape index (κ3) is 3.83. The average molecular weight is 274 g/mol. The molecule has 0 bridgehead atoms. The maximum Gasteiger partial charge on any atom is 0.241 e. The minimum atomic E-state index is -0.111. The molecule has 0 fully saturated rings. The number of benzene rings is 1. The van der Waals surface area contributed by atoms with Crippen LogP contribution in [-0.2, 0) is 29.2 Å². The monoisotopic (exact) mass is 274 g/mol. The standard InChI is InChI=1S/C14H18N4O2/c1-20-10-12-5-3-2-4-11(12)6-16-14(19)9-18-8-13(15)7-17-18/h2-5,7-8H,6,9-10,15H2,1H3,(H,16,19). The number of hydrogen-bond donors (Lipinski definition) is 2. The Morgan fingerprint density at radius 2 is 2.15 bits per heavy atom. The molecule has 2 aromatic rings. The smallest absolute Gasteiger partial charge is 0.241 e. The second-order valence-corrected chi connectivity index (χ2v) is 4.45. The summed E-state index contributed by atoms with van der Waals surface area (Å²) in [5, 5.41) is 6.83. The first-order chi connectivity index (χ1) is 9.69. The van der Waals surface area contributed by atoms with Crippen LogP contribution < -0.4 is 11.1 Å². The van der Waals surface area contributed by atoms with Crippen molar-refractivity contribution in [3.8, 4) is 0 Å². The maximum atomic E-state index is 11.8. The minimum Gasteiger partial charge on any atom is -0.396 e. The van der Waals surface area contributed by atoms with E-state index >= 15 is 0 Å². The topological polar surface area (TPSA) is 82.2 Å². The van der Waals surface area contributed by atoms with E-state index in [-0.39, 0.29) is 12.5 Å². The second-order valence-electron chi connectivity index (χ2n) is 4.45. The van der Waals surface area contributed by atoms with Gasteiger partial charge in [0.1, 0.15) is 6.54 Å². The number of hydrogen-bond acceptors (Lipinski definition) is 4. The molecule has 0 aliphatic rings. The summed E-state index contributed by atoms with van der Waals surface area (Å²) in [5.41, 5.74) is 8.20. The number of anilines is 1. The predicted molar refractivity (Wildman–Crippen MR) is 75.6 cm³/mol. The van der Waals surface area contributed by atoms with Gasteiger partial charge in [0.2, 0.25) is 5.91 Å². The van der Waals surface area contributed by atoms with E-state index in [0.29, 0.717) is 18.8 Å². The molecule has 0 aliphatic carbocycles. The summed E-state index contributed by atoms with van der Waals surface area (Å²) in [7, 11) is 1.65. The molecule has 1 aromatic heterocycles. The minimum absolute atomic E-state index is 0.111. The molecule has 0 radical (unpaired) electrons. The summed E-state index contributed by atoms with van der Waals surface area (Å²) in [6.45, 7) is 1.15. The number of nitrogen functional groups attached to an aromatic ring is 1. The summed E-state index contributed by atoms with van der Waals surface area (Å²) in [4.78, 5) is 11.8. The van der Waals surface area contributed by atoms with Crippen molar-refractivity contribution in [1.29, 1.82) is 0 Å². The van der Waals surface area contributed by atoms with Crippen LogP contribution in [0.4, 0.5) is 5.69 Å². The zero-order chi connectivity index (χ0) is 14.4. The van der Waals surface area contributed by atoms with Crippen molar-refractivity contribution in [2.24, 2.45) is 0 Å². The highest BCUT2D eigenvalue weighted by molar-refractivity contribution is 5.75. The lowest BCUT2D eigenvalue weighted by Crippen LogP contribution is -2.27. The van der Waals surface area contributed by atoms with Gasteiger partial charge in [-0.05, 0) is 11.1 Å². The number of nitrogens with zero attached hydrogens (tertiary/aromatic N) is 2. The Balaban J connectivity index is 1.90. The van der Waals surface area contributed by atoms with Crippen LogP contribution in [0.3, 0.4) is 0 Å². The molecule has 0 atom stereocenters. The van der Waals surface area contributed by atoms with Gasteiger partial charge in [0, 0.05) is 19.9 Å². The van der Waals surface area contributed by atoms with Crippen molar-refractivity contribution in [3.63, 3.8) is 0 Å². The quantitative estimate of drug-likeness (QED) is 0.821. The fraction of sp³-hybridized carbons (Fsp3) is 0.286. The Morgan fingerprint density at radius 3 is 2.80 bits per heavy atom. The molecule has 1 aromatic carbocycles. The highest BCUT2D eigenvalue weighted by atomic mass is 16.5. The van der Waals surface area contributed by atoms with Gasteiger partial charge in [-0.2, -0.15) is 5.10 Å². The zero-order valence-electron chi connectivity index (χ0n) is 11.4. The van der Waals surface area contributed by atoms with E-state index in [4.69, 9.17) is 10.5 Å². The summed E-state index contributed by atoms with van der Waals surface area (Å²) in [6, 6.07) is 7.85.